The molecule has 2 atom stereocenters. The molecule has 0 radical (unpaired) electrons. The van der Waals surface area contributed by atoms with Crippen LogP contribution in [0.4, 0.5) is 0 Å². The molecule has 3 N–H and O–H groups in total. The molecule has 0 aliphatic carbocycles. The number of nitrogens with one attached hydrogen (secondary N) is 1. The van der Waals surface area contributed by atoms with E-state index in [1.54, 1.807) is 12.1 Å². The molecule has 0 aromatic heterocycles. The van der Waals surface area contributed by atoms with Gasteiger partial charge in [-0.3, -0.25) is 0 Å². The predicted octanol–water partition coefficient (Wildman–Crippen LogP) is 1.34. The summed E-state index contributed by atoms with van der Waals surface area (Å²) in [6, 6.07) is 7.16. The van der Waals surface area contributed by atoms with Gasteiger partial charge in [0, 0.05) is 23.2 Å². The van der Waals surface area contributed by atoms with Crippen molar-refractivity contribution >= 4 is 11.6 Å². The normalized spacial score (nSPS) is 14.9. The maximum Gasteiger partial charge on any atom is 0.0928 e. The van der Waals surface area contributed by atoms with Gasteiger partial charge in [0.15, 0.2) is 0 Å². The van der Waals surface area contributed by atoms with Crippen molar-refractivity contribution in [3.8, 4) is 0 Å². The third kappa shape index (κ3) is 3.80. The van der Waals surface area contributed by atoms with Crippen LogP contribution in [0.25, 0.3) is 0 Å². The van der Waals surface area contributed by atoms with Gasteiger partial charge in [-0.05, 0) is 13.0 Å². The molecule has 0 saturated heterocycles. The van der Waals surface area contributed by atoms with Gasteiger partial charge in [0.1, 0.15) is 0 Å². The molecule has 0 aliphatic rings. The van der Waals surface area contributed by atoms with Crippen molar-refractivity contribution in [2.75, 3.05) is 13.2 Å². The van der Waals surface area contributed by atoms with E-state index in [0.717, 1.165) is 0 Å². The maximum atomic E-state index is 9.82. The Morgan fingerprint density at radius 2 is 2.07 bits per heavy atom. The van der Waals surface area contributed by atoms with Crippen molar-refractivity contribution in [2.45, 2.75) is 19.1 Å². The third-order valence-electron chi connectivity index (χ3n) is 2.20. The molecule has 3 nitrogen and oxygen atoms in total. The van der Waals surface area contributed by atoms with Gasteiger partial charge in [0.25, 0.3) is 0 Å². The molecular formula is C11H16ClNO2. The zero-order valence-electron chi connectivity index (χ0n) is 8.65. The number of aliphatic hydroxyl groups excluding tert-OH is 2. The summed E-state index contributed by atoms with van der Waals surface area (Å²) in [6.45, 7) is 2.28. The number of benzene rings is 1. The van der Waals surface area contributed by atoms with Gasteiger partial charge in [-0.2, -0.15) is 0 Å². The Morgan fingerprint density at radius 3 is 2.67 bits per heavy atom. The molecule has 0 bridgehead atoms. The summed E-state index contributed by atoms with van der Waals surface area (Å²) in [4.78, 5) is 0. The standard InChI is InChI=1S/C11H16ClNO2/c1-8(7-14)13-6-11(15)9-4-2-3-5-10(9)12/h2-5,8,11,13-15H,6-7H2,1H3. The molecule has 1 aromatic carbocycles. The van der Waals surface area contributed by atoms with Crippen LogP contribution >= 0.6 is 11.6 Å². The fraction of sp³-hybridized carbons (Fsp3) is 0.455. The van der Waals surface area contributed by atoms with E-state index < -0.39 is 6.10 Å². The van der Waals surface area contributed by atoms with Crippen LogP contribution in [0.15, 0.2) is 24.3 Å². The maximum absolute atomic E-state index is 9.82. The SMILES string of the molecule is CC(CO)NCC(O)c1ccccc1Cl. The van der Waals surface area contributed by atoms with E-state index in [4.69, 9.17) is 16.7 Å². The van der Waals surface area contributed by atoms with Crippen LogP contribution in [0, 0.1) is 0 Å². The molecule has 2 unspecified atom stereocenters. The second kappa shape index (κ2) is 6.08. The largest absolute Gasteiger partial charge is 0.395 e. The Morgan fingerprint density at radius 1 is 1.40 bits per heavy atom. The van der Waals surface area contributed by atoms with E-state index in [9.17, 15) is 5.11 Å². The van der Waals surface area contributed by atoms with Crippen LogP contribution in [0.3, 0.4) is 0 Å². The topological polar surface area (TPSA) is 52.5 Å². The summed E-state index contributed by atoms with van der Waals surface area (Å²) >= 11 is 5.93. The highest BCUT2D eigenvalue weighted by molar-refractivity contribution is 6.31. The molecule has 84 valence electrons. The molecular weight excluding hydrogens is 214 g/mol. The predicted molar refractivity (Wildman–Crippen MR) is 61.0 cm³/mol. The minimum atomic E-state index is -0.646. The molecule has 0 fully saturated rings. The first kappa shape index (κ1) is 12.5. The quantitative estimate of drug-likeness (QED) is 0.715. The fourth-order valence-electron chi connectivity index (χ4n) is 1.23. The first-order chi connectivity index (χ1) is 7.15. The average molecular weight is 230 g/mol. The van der Waals surface area contributed by atoms with Gasteiger partial charge < -0.3 is 15.5 Å². The Bertz CT molecular complexity index is 306. The molecule has 4 heteroatoms. The Labute approximate surface area is 94.7 Å². The first-order valence-corrected chi connectivity index (χ1v) is 5.29. The summed E-state index contributed by atoms with van der Waals surface area (Å²) in [7, 11) is 0. The van der Waals surface area contributed by atoms with Gasteiger partial charge in [-0.25, -0.2) is 0 Å². The number of halogens is 1. The smallest absolute Gasteiger partial charge is 0.0928 e. The summed E-state index contributed by atoms with van der Waals surface area (Å²) in [5.74, 6) is 0. The van der Waals surface area contributed by atoms with Crippen LogP contribution in [0.2, 0.25) is 5.02 Å². The lowest BCUT2D eigenvalue weighted by Gasteiger charge is -2.16. The summed E-state index contributed by atoms with van der Waals surface area (Å²) in [5, 5.41) is 22.2. The lowest BCUT2D eigenvalue weighted by molar-refractivity contribution is 0.161. The molecule has 1 aromatic rings. The number of hydrogen-bond acceptors (Lipinski definition) is 3. The van der Waals surface area contributed by atoms with Crippen LogP contribution in [-0.4, -0.2) is 29.4 Å². The minimum absolute atomic E-state index is 0.0258. The Kier molecular flexibility index (Phi) is 5.05. The molecule has 0 saturated carbocycles. The highest BCUT2D eigenvalue weighted by Crippen LogP contribution is 2.21. The van der Waals surface area contributed by atoms with Gasteiger partial charge in [-0.15, -0.1) is 0 Å². The van der Waals surface area contributed by atoms with Gasteiger partial charge in [0.05, 0.1) is 12.7 Å². The molecule has 15 heavy (non-hydrogen) atoms. The van der Waals surface area contributed by atoms with E-state index >= 15 is 0 Å². The summed E-state index contributed by atoms with van der Waals surface area (Å²) in [5.41, 5.74) is 0.705. The third-order valence-corrected chi connectivity index (χ3v) is 2.54. The van der Waals surface area contributed by atoms with Crippen molar-refractivity contribution in [1.29, 1.82) is 0 Å². The molecule has 0 spiro atoms. The second-order valence-electron chi connectivity index (χ2n) is 3.53. The monoisotopic (exact) mass is 229 g/mol. The Balaban J connectivity index is 2.54. The van der Waals surface area contributed by atoms with Crippen molar-refractivity contribution in [2.24, 2.45) is 0 Å². The van der Waals surface area contributed by atoms with Crippen LogP contribution in [0.5, 0.6) is 0 Å². The molecule has 1 rings (SSSR count). The van der Waals surface area contributed by atoms with E-state index in [2.05, 4.69) is 5.32 Å². The Hall–Kier alpha value is -0.610. The van der Waals surface area contributed by atoms with E-state index in [-0.39, 0.29) is 12.6 Å². The van der Waals surface area contributed by atoms with Crippen LogP contribution < -0.4 is 5.32 Å². The molecule has 0 amide bonds. The zero-order valence-corrected chi connectivity index (χ0v) is 9.41. The molecule has 0 aliphatic heterocycles. The molecule has 0 heterocycles. The number of hydrogen-bond donors (Lipinski definition) is 3. The highest BCUT2D eigenvalue weighted by Gasteiger charge is 2.11. The van der Waals surface area contributed by atoms with E-state index in [1.807, 2.05) is 19.1 Å². The summed E-state index contributed by atoms with van der Waals surface area (Å²) in [6.07, 6.45) is -0.646. The zero-order chi connectivity index (χ0) is 11.3. The number of rotatable bonds is 5. The van der Waals surface area contributed by atoms with Gasteiger partial charge >= 0.3 is 0 Å². The lowest BCUT2D eigenvalue weighted by Crippen LogP contribution is -2.33. The first-order valence-electron chi connectivity index (χ1n) is 4.92. The van der Waals surface area contributed by atoms with Crippen molar-refractivity contribution < 1.29 is 10.2 Å². The van der Waals surface area contributed by atoms with E-state index in [0.29, 0.717) is 17.1 Å². The highest BCUT2D eigenvalue weighted by atomic mass is 35.5. The van der Waals surface area contributed by atoms with Crippen molar-refractivity contribution in [1.82, 2.24) is 5.32 Å². The second-order valence-corrected chi connectivity index (χ2v) is 3.94. The number of aliphatic hydroxyl groups is 2. The van der Waals surface area contributed by atoms with Crippen LogP contribution in [0.1, 0.15) is 18.6 Å². The fourth-order valence-corrected chi connectivity index (χ4v) is 1.49. The lowest BCUT2D eigenvalue weighted by atomic mass is 10.1. The summed E-state index contributed by atoms with van der Waals surface area (Å²) < 4.78 is 0. The van der Waals surface area contributed by atoms with Crippen molar-refractivity contribution in [3.05, 3.63) is 34.9 Å². The van der Waals surface area contributed by atoms with Gasteiger partial charge in [-0.1, -0.05) is 29.8 Å². The van der Waals surface area contributed by atoms with Crippen LogP contribution in [-0.2, 0) is 0 Å². The van der Waals surface area contributed by atoms with Crippen molar-refractivity contribution in [3.63, 3.8) is 0 Å². The van der Waals surface area contributed by atoms with E-state index in [1.165, 1.54) is 0 Å². The average Bonchev–Trinajstić information content (AvgIpc) is 2.26. The minimum Gasteiger partial charge on any atom is -0.395 e. The van der Waals surface area contributed by atoms with Gasteiger partial charge in [0.2, 0.25) is 0 Å².